The number of hydrogen-bond donors (Lipinski definition) is 1. The minimum absolute atomic E-state index is 0.256. The van der Waals surface area contributed by atoms with Gasteiger partial charge in [-0.3, -0.25) is 4.79 Å². The van der Waals surface area contributed by atoms with Gasteiger partial charge in [0.05, 0.1) is 11.6 Å². The van der Waals surface area contributed by atoms with Crippen LogP contribution < -0.4 is 0 Å². The maximum atomic E-state index is 11.1. The van der Waals surface area contributed by atoms with Crippen LogP contribution in [0.3, 0.4) is 0 Å². The van der Waals surface area contributed by atoms with Crippen LogP contribution in [0.5, 0.6) is 0 Å². The van der Waals surface area contributed by atoms with Gasteiger partial charge in [0.1, 0.15) is 5.82 Å². The molecule has 20 heavy (non-hydrogen) atoms. The first-order chi connectivity index (χ1) is 9.54. The summed E-state index contributed by atoms with van der Waals surface area (Å²) in [5.41, 5.74) is 1.16. The van der Waals surface area contributed by atoms with Crippen LogP contribution in [0.15, 0.2) is 6.20 Å². The normalized spacial score (nSPS) is 26.9. The van der Waals surface area contributed by atoms with Gasteiger partial charge < -0.3 is 14.6 Å². The van der Waals surface area contributed by atoms with Gasteiger partial charge in [-0.1, -0.05) is 0 Å². The first kappa shape index (κ1) is 13.6. The maximum Gasteiger partial charge on any atom is 0.307 e. The number of carboxylic acids is 1. The Hall–Kier alpha value is -1.36. The van der Waals surface area contributed by atoms with E-state index in [4.69, 9.17) is 10.1 Å². The molecule has 0 aromatic carbocycles. The van der Waals surface area contributed by atoms with Crippen molar-refractivity contribution in [3.63, 3.8) is 0 Å². The van der Waals surface area contributed by atoms with Gasteiger partial charge in [-0.05, 0) is 33.2 Å². The Balaban J connectivity index is 1.73. The van der Waals surface area contributed by atoms with E-state index >= 15 is 0 Å². The average molecular weight is 277 g/mol. The average Bonchev–Trinajstić information content (AvgIpc) is 3.04. The molecule has 0 spiro atoms. The number of hydrogen-bond acceptors (Lipinski definition) is 3. The summed E-state index contributed by atoms with van der Waals surface area (Å²) in [5.74, 6) is 0.529. The number of carboxylic acid groups (broad SMARTS) is 1. The molecular weight excluding hydrogens is 254 g/mol. The van der Waals surface area contributed by atoms with Crippen molar-refractivity contribution in [1.29, 1.82) is 0 Å². The number of aliphatic carboxylic acids is 1. The standard InChI is InChI=1S/C15H23N3O2/c1-10(2)17-5-4-12(8-17)13-9-18-6-3-11(15(19)20)7-14(18)16-13/h9-12H,3-8H2,1-2H3,(H,19,20). The lowest BCUT2D eigenvalue weighted by molar-refractivity contribution is -0.142. The van der Waals surface area contributed by atoms with E-state index in [1.165, 1.54) is 0 Å². The second kappa shape index (κ2) is 5.20. The lowest BCUT2D eigenvalue weighted by atomic mass is 9.98. The van der Waals surface area contributed by atoms with Crippen LogP contribution in [0, 0.1) is 5.92 Å². The number of imidazole rings is 1. The zero-order chi connectivity index (χ0) is 14.3. The fourth-order valence-corrected chi connectivity index (χ4v) is 3.36. The molecule has 2 unspecified atom stereocenters. The molecule has 1 fully saturated rings. The minimum atomic E-state index is -0.687. The van der Waals surface area contributed by atoms with Crippen molar-refractivity contribution in [3.8, 4) is 0 Å². The predicted octanol–water partition coefficient (Wildman–Crippen LogP) is 1.73. The third kappa shape index (κ3) is 2.46. The Morgan fingerprint density at radius 2 is 2.20 bits per heavy atom. The molecule has 3 rings (SSSR count). The van der Waals surface area contributed by atoms with E-state index in [0.717, 1.165) is 44.0 Å². The van der Waals surface area contributed by atoms with E-state index < -0.39 is 5.97 Å². The van der Waals surface area contributed by atoms with E-state index in [2.05, 4.69) is 29.5 Å². The van der Waals surface area contributed by atoms with E-state index in [1.807, 2.05) is 0 Å². The van der Waals surface area contributed by atoms with Gasteiger partial charge in [-0.15, -0.1) is 0 Å². The third-order valence-corrected chi connectivity index (χ3v) is 4.74. The zero-order valence-corrected chi connectivity index (χ0v) is 12.2. The van der Waals surface area contributed by atoms with Gasteiger partial charge in [0.2, 0.25) is 0 Å². The van der Waals surface area contributed by atoms with Gasteiger partial charge in [0.15, 0.2) is 0 Å². The molecule has 1 aromatic heterocycles. The highest BCUT2D eigenvalue weighted by atomic mass is 16.4. The SMILES string of the molecule is CC(C)N1CCC(c2cn3c(n2)CC(C(=O)O)CC3)C1. The summed E-state index contributed by atoms with van der Waals surface area (Å²) in [7, 11) is 0. The van der Waals surface area contributed by atoms with Crippen LogP contribution >= 0.6 is 0 Å². The number of aryl methyl sites for hydroxylation is 1. The highest BCUT2D eigenvalue weighted by Gasteiger charge is 2.30. The lowest BCUT2D eigenvalue weighted by Gasteiger charge is -2.19. The topological polar surface area (TPSA) is 58.4 Å². The van der Waals surface area contributed by atoms with Crippen LogP contribution in [0.4, 0.5) is 0 Å². The number of carbonyl (C=O) groups is 1. The second-order valence-electron chi connectivity index (χ2n) is 6.38. The van der Waals surface area contributed by atoms with Crippen molar-refractivity contribution < 1.29 is 9.90 Å². The molecule has 2 aliphatic rings. The predicted molar refractivity (Wildman–Crippen MR) is 75.7 cm³/mol. The second-order valence-corrected chi connectivity index (χ2v) is 6.38. The first-order valence-electron chi connectivity index (χ1n) is 7.57. The molecule has 5 nitrogen and oxygen atoms in total. The maximum absolute atomic E-state index is 11.1. The molecule has 1 N–H and O–H groups in total. The Morgan fingerprint density at radius 3 is 2.85 bits per heavy atom. The van der Waals surface area contributed by atoms with E-state index in [1.54, 1.807) is 0 Å². The summed E-state index contributed by atoms with van der Waals surface area (Å²) >= 11 is 0. The molecule has 5 heteroatoms. The van der Waals surface area contributed by atoms with Crippen molar-refractivity contribution >= 4 is 5.97 Å². The molecule has 2 atom stereocenters. The monoisotopic (exact) mass is 277 g/mol. The van der Waals surface area contributed by atoms with E-state index in [-0.39, 0.29) is 5.92 Å². The molecule has 0 bridgehead atoms. The molecule has 1 aromatic rings. The number of fused-ring (bicyclic) bond motifs is 1. The van der Waals surface area contributed by atoms with Crippen LogP contribution in [0.2, 0.25) is 0 Å². The van der Waals surface area contributed by atoms with Gasteiger partial charge >= 0.3 is 5.97 Å². The lowest BCUT2D eigenvalue weighted by Crippen LogP contribution is -2.27. The largest absolute Gasteiger partial charge is 0.481 e. The van der Waals surface area contributed by atoms with Crippen molar-refractivity contribution in [2.75, 3.05) is 13.1 Å². The van der Waals surface area contributed by atoms with Gasteiger partial charge in [0, 0.05) is 37.7 Å². The zero-order valence-electron chi connectivity index (χ0n) is 12.2. The first-order valence-corrected chi connectivity index (χ1v) is 7.57. The smallest absolute Gasteiger partial charge is 0.307 e. The molecule has 2 aliphatic heterocycles. The van der Waals surface area contributed by atoms with Crippen molar-refractivity contribution in [2.45, 2.75) is 51.6 Å². The number of rotatable bonds is 3. The highest BCUT2D eigenvalue weighted by molar-refractivity contribution is 5.70. The number of aromatic nitrogens is 2. The van der Waals surface area contributed by atoms with Crippen molar-refractivity contribution in [1.82, 2.24) is 14.5 Å². The molecular formula is C15H23N3O2. The molecule has 1 saturated heterocycles. The summed E-state index contributed by atoms with van der Waals surface area (Å²) in [6, 6.07) is 0.591. The van der Waals surface area contributed by atoms with Gasteiger partial charge in [-0.2, -0.15) is 0 Å². The van der Waals surface area contributed by atoms with Crippen LogP contribution in [0.25, 0.3) is 0 Å². The van der Waals surface area contributed by atoms with Crippen LogP contribution in [-0.2, 0) is 17.8 Å². The minimum Gasteiger partial charge on any atom is -0.481 e. The van der Waals surface area contributed by atoms with Crippen molar-refractivity contribution in [3.05, 3.63) is 17.7 Å². The highest BCUT2D eigenvalue weighted by Crippen LogP contribution is 2.30. The third-order valence-electron chi connectivity index (χ3n) is 4.74. The molecule has 0 aliphatic carbocycles. The van der Waals surface area contributed by atoms with Crippen LogP contribution in [0.1, 0.15) is 44.1 Å². The molecule has 0 amide bonds. The summed E-state index contributed by atoms with van der Waals surface area (Å²) in [5, 5.41) is 9.13. The molecule has 3 heterocycles. The Morgan fingerprint density at radius 1 is 1.40 bits per heavy atom. The van der Waals surface area contributed by atoms with Gasteiger partial charge in [0.25, 0.3) is 0 Å². The van der Waals surface area contributed by atoms with Crippen LogP contribution in [-0.4, -0.2) is 44.7 Å². The fraction of sp³-hybridized carbons (Fsp3) is 0.733. The number of likely N-dealkylation sites (tertiary alicyclic amines) is 1. The molecule has 0 radical (unpaired) electrons. The van der Waals surface area contributed by atoms with Crippen molar-refractivity contribution in [2.24, 2.45) is 5.92 Å². The summed E-state index contributed by atoms with van der Waals surface area (Å²) in [6.07, 6.45) is 4.62. The summed E-state index contributed by atoms with van der Waals surface area (Å²) < 4.78 is 2.16. The summed E-state index contributed by atoms with van der Waals surface area (Å²) in [4.78, 5) is 18.3. The van der Waals surface area contributed by atoms with E-state index in [0.29, 0.717) is 18.4 Å². The summed E-state index contributed by atoms with van der Waals surface area (Å²) in [6.45, 7) is 7.48. The Bertz CT molecular complexity index is 509. The number of nitrogens with zero attached hydrogens (tertiary/aromatic N) is 3. The Kier molecular flexibility index (Phi) is 3.54. The van der Waals surface area contributed by atoms with Gasteiger partial charge in [-0.25, -0.2) is 4.98 Å². The molecule has 0 saturated carbocycles. The van der Waals surface area contributed by atoms with E-state index in [9.17, 15) is 4.79 Å². The molecule has 110 valence electrons. The quantitative estimate of drug-likeness (QED) is 0.914. The Labute approximate surface area is 119 Å². The fourth-order valence-electron chi connectivity index (χ4n) is 3.36.